The molecule has 0 unspecified atom stereocenters. The summed E-state index contributed by atoms with van der Waals surface area (Å²) in [6.45, 7) is 0. The highest BCUT2D eigenvalue weighted by Gasteiger charge is 2.18. The molecule has 0 amide bonds. The number of fused-ring (bicyclic) bond motifs is 10. The van der Waals surface area contributed by atoms with E-state index in [1.807, 2.05) is 11.3 Å². The maximum atomic E-state index is 6.39. The molecule has 210 valence electrons. The fraction of sp³-hybridized carbons (Fsp3) is 0. The minimum Gasteiger partial charge on any atom is -0.456 e. The number of furan rings is 1. The Morgan fingerprint density at radius 2 is 1.20 bits per heavy atom. The number of thiophene rings is 1. The quantitative estimate of drug-likeness (QED) is 0.200. The molecule has 0 N–H and O–H groups in total. The highest BCUT2D eigenvalue weighted by molar-refractivity contribution is 7.26. The molecule has 10 aromatic rings. The van der Waals surface area contributed by atoms with Crippen LogP contribution in [0, 0.1) is 0 Å². The Hall–Kier alpha value is -5.64. The van der Waals surface area contributed by atoms with E-state index in [4.69, 9.17) is 4.42 Å². The smallest absolute Gasteiger partial charge is 0.136 e. The van der Waals surface area contributed by atoms with Crippen molar-refractivity contribution >= 4 is 75.3 Å². The summed E-state index contributed by atoms with van der Waals surface area (Å²) in [5, 5.41) is 7.39. The van der Waals surface area contributed by atoms with E-state index in [0.29, 0.717) is 0 Å². The van der Waals surface area contributed by atoms with Gasteiger partial charge in [-0.05, 0) is 87.6 Å². The molecule has 0 fully saturated rings. The molecule has 10 rings (SSSR count). The van der Waals surface area contributed by atoms with E-state index in [1.165, 1.54) is 69.7 Å². The van der Waals surface area contributed by atoms with Gasteiger partial charge in [-0.2, -0.15) is 0 Å². The molecule has 3 aromatic heterocycles. The summed E-state index contributed by atoms with van der Waals surface area (Å²) in [5.74, 6) is 0. The second kappa shape index (κ2) is 9.43. The number of nitrogens with zero attached hydrogens (tertiary/aromatic N) is 1. The molecule has 0 saturated carbocycles. The topological polar surface area (TPSA) is 18.1 Å². The van der Waals surface area contributed by atoms with Crippen LogP contribution in [0.4, 0.5) is 0 Å². The normalized spacial score (nSPS) is 12.0. The molecule has 0 bridgehead atoms. The summed E-state index contributed by atoms with van der Waals surface area (Å²) in [6, 6.07) is 54.6. The lowest BCUT2D eigenvalue weighted by Gasteiger charge is -2.09. The van der Waals surface area contributed by atoms with Gasteiger partial charge in [0.15, 0.2) is 0 Å². The summed E-state index contributed by atoms with van der Waals surface area (Å²) in [4.78, 5) is 0. The zero-order valence-electron chi connectivity index (χ0n) is 24.2. The third-order valence-electron chi connectivity index (χ3n) is 9.18. The Kier molecular flexibility index (Phi) is 5.19. The monoisotopic (exact) mass is 591 g/mol. The van der Waals surface area contributed by atoms with Crippen LogP contribution >= 0.6 is 11.3 Å². The maximum Gasteiger partial charge on any atom is 0.136 e. The third kappa shape index (κ3) is 3.68. The number of hydrogen-bond acceptors (Lipinski definition) is 2. The Balaban J connectivity index is 1.12. The van der Waals surface area contributed by atoms with E-state index < -0.39 is 0 Å². The lowest BCUT2D eigenvalue weighted by atomic mass is 9.97. The molecular weight excluding hydrogens is 567 g/mol. The fourth-order valence-corrected chi connectivity index (χ4v) is 8.30. The third-order valence-corrected chi connectivity index (χ3v) is 10.4. The average molecular weight is 592 g/mol. The van der Waals surface area contributed by atoms with E-state index in [9.17, 15) is 0 Å². The largest absolute Gasteiger partial charge is 0.456 e. The van der Waals surface area contributed by atoms with Crippen LogP contribution in [0.15, 0.2) is 156 Å². The Morgan fingerprint density at radius 3 is 2.09 bits per heavy atom. The van der Waals surface area contributed by atoms with Crippen LogP contribution in [-0.2, 0) is 0 Å². The number of aromatic nitrogens is 1. The highest BCUT2D eigenvalue weighted by Crippen LogP contribution is 2.44. The van der Waals surface area contributed by atoms with Gasteiger partial charge in [0.2, 0.25) is 0 Å². The van der Waals surface area contributed by atoms with Crippen molar-refractivity contribution in [2.45, 2.75) is 0 Å². The summed E-state index contributed by atoms with van der Waals surface area (Å²) in [5.41, 5.74) is 10.3. The molecule has 7 aromatic carbocycles. The molecule has 45 heavy (non-hydrogen) atoms. The number of para-hydroxylation sites is 2. The number of benzene rings is 7. The van der Waals surface area contributed by atoms with Crippen LogP contribution in [0.1, 0.15) is 0 Å². The summed E-state index contributed by atoms with van der Waals surface area (Å²) in [7, 11) is 0. The number of rotatable bonds is 3. The van der Waals surface area contributed by atoms with Crippen molar-refractivity contribution in [3.8, 4) is 27.9 Å². The van der Waals surface area contributed by atoms with Gasteiger partial charge < -0.3 is 8.98 Å². The Labute approximate surface area is 263 Å². The molecule has 0 atom stereocenters. The van der Waals surface area contributed by atoms with Gasteiger partial charge in [0.05, 0.1) is 15.7 Å². The maximum absolute atomic E-state index is 6.39. The standard InChI is InChI=1S/C42H25NOS/c1-2-12-31(13-3-1)43-36-16-7-6-15-33(36)42-41(43)35-24-29(19-22-39(35)45-42)27-10-8-11-28(23-27)30-17-20-34-38(25-30)44-37-21-18-26-9-4-5-14-32(26)40(34)37/h1-25H. The van der Waals surface area contributed by atoms with Crippen LogP contribution in [-0.4, -0.2) is 4.57 Å². The van der Waals surface area contributed by atoms with Gasteiger partial charge in [0.25, 0.3) is 0 Å². The molecule has 3 heterocycles. The fourth-order valence-electron chi connectivity index (χ4n) is 7.10. The first-order valence-electron chi connectivity index (χ1n) is 15.3. The second-order valence-corrected chi connectivity index (χ2v) is 12.8. The van der Waals surface area contributed by atoms with Gasteiger partial charge in [0.1, 0.15) is 11.2 Å². The van der Waals surface area contributed by atoms with Crippen molar-refractivity contribution in [2.24, 2.45) is 0 Å². The van der Waals surface area contributed by atoms with E-state index in [0.717, 1.165) is 22.1 Å². The van der Waals surface area contributed by atoms with Gasteiger partial charge in [-0.15, -0.1) is 11.3 Å². The molecule has 0 aliphatic rings. The van der Waals surface area contributed by atoms with Crippen molar-refractivity contribution in [3.63, 3.8) is 0 Å². The lowest BCUT2D eigenvalue weighted by Crippen LogP contribution is -1.92. The SMILES string of the molecule is c1ccc(-n2c3ccccc3c3sc4ccc(-c5cccc(-c6ccc7c(c6)oc6ccc8ccccc8c67)c5)cc4c32)cc1. The van der Waals surface area contributed by atoms with Gasteiger partial charge in [-0.3, -0.25) is 0 Å². The first-order chi connectivity index (χ1) is 22.3. The summed E-state index contributed by atoms with van der Waals surface area (Å²) >= 11 is 1.88. The molecule has 0 aliphatic heterocycles. The van der Waals surface area contributed by atoms with Crippen molar-refractivity contribution in [1.82, 2.24) is 4.57 Å². The van der Waals surface area contributed by atoms with Crippen LogP contribution in [0.2, 0.25) is 0 Å². The summed E-state index contributed by atoms with van der Waals surface area (Å²) in [6.07, 6.45) is 0. The van der Waals surface area contributed by atoms with Gasteiger partial charge in [-0.25, -0.2) is 0 Å². The number of hydrogen-bond donors (Lipinski definition) is 0. The zero-order chi connectivity index (χ0) is 29.5. The van der Waals surface area contributed by atoms with Crippen molar-refractivity contribution in [3.05, 3.63) is 152 Å². The van der Waals surface area contributed by atoms with Crippen molar-refractivity contribution in [2.75, 3.05) is 0 Å². The predicted molar refractivity (Wildman–Crippen MR) is 192 cm³/mol. The van der Waals surface area contributed by atoms with E-state index in [2.05, 4.69) is 156 Å². The highest BCUT2D eigenvalue weighted by atomic mass is 32.1. The average Bonchev–Trinajstić information content (AvgIpc) is 3.77. The minimum atomic E-state index is 0.917. The molecule has 3 heteroatoms. The van der Waals surface area contributed by atoms with Crippen LogP contribution < -0.4 is 0 Å². The van der Waals surface area contributed by atoms with Crippen LogP contribution in [0.3, 0.4) is 0 Å². The minimum absolute atomic E-state index is 0.917. The van der Waals surface area contributed by atoms with Gasteiger partial charge in [-0.1, -0.05) is 97.1 Å². The van der Waals surface area contributed by atoms with E-state index in [-0.39, 0.29) is 0 Å². The van der Waals surface area contributed by atoms with Gasteiger partial charge in [0, 0.05) is 31.9 Å². The molecule has 0 spiro atoms. The van der Waals surface area contributed by atoms with Crippen molar-refractivity contribution in [1.29, 1.82) is 0 Å². The van der Waals surface area contributed by atoms with E-state index in [1.54, 1.807) is 0 Å². The Bertz CT molecular complexity index is 2760. The molecule has 0 aliphatic carbocycles. The lowest BCUT2D eigenvalue weighted by molar-refractivity contribution is 0.669. The first kappa shape index (κ1) is 24.8. The van der Waals surface area contributed by atoms with Crippen molar-refractivity contribution < 1.29 is 4.42 Å². The Morgan fingerprint density at radius 1 is 0.467 bits per heavy atom. The second-order valence-electron chi connectivity index (χ2n) is 11.7. The molecule has 0 saturated heterocycles. The zero-order valence-corrected chi connectivity index (χ0v) is 25.0. The first-order valence-corrected chi connectivity index (χ1v) is 16.1. The van der Waals surface area contributed by atoms with E-state index >= 15 is 0 Å². The van der Waals surface area contributed by atoms with Crippen LogP contribution in [0.25, 0.3) is 91.9 Å². The van der Waals surface area contributed by atoms with Crippen LogP contribution in [0.5, 0.6) is 0 Å². The molecule has 0 radical (unpaired) electrons. The summed E-state index contributed by atoms with van der Waals surface area (Å²) < 4.78 is 11.5. The molecule has 2 nitrogen and oxygen atoms in total. The van der Waals surface area contributed by atoms with Gasteiger partial charge >= 0.3 is 0 Å². The predicted octanol–water partition coefficient (Wildman–Crippen LogP) is 12.4. The molecular formula is C42H25NOS.